The number of hydrogen-bond acceptors (Lipinski definition) is 2. The fourth-order valence-corrected chi connectivity index (χ4v) is 3.01. The molecule has 0 amide bonds. The Kier molecular flexibility index (Phi) is 4.31. The minimum atomic E-state index is 0.169. The van der Waals surface area contributed by atoms with E-state index in [1.54, 1.807) is 0 Å². The lowest BCUT2D eigenvalue weighted by Gasteiger charge is -2.29. The topological polar surface area (TPSA) is 16.1 Å². The van der Waals surface area contributed by atoms with Crippen LogP contribution in [-0.4, -0.2) is 11.0 Å². The van der Waals surface area contributed by atoms with E-state index in [9.17, 15) is 0 Å². The largest absolute Gasteiger partial charge is 0.324 e. The van der Waals surface area contributed by atoms with Crippen LogP contribution in [0.5, 0.6) is 0 Å². The summed E-state index contributed by atoms with van der Waals surface area (Å²) in [4.78, 5) is 7.16. The van der Waals surface area contributed by atoms with Crippen molar-refractivity contribution in [3.8, 4) is 0 Å². The predicted molar refractivity (Wildman–Crippen MR) is 104 cm³/mol. The minimum absolute atomic E-state index is 0.169. The van der Waals surface area contributed by atoms with Crippen LogP contribution in [0.2, 0.25) is 0 Å². The summed E-state index contributed by atoms with van der Waals surface area (Å²) in [5.41, 5.74) is 3.73. The first-order valence-electron chi connectivity index (χ1n) is 8.62. The van der Waals surface area contributed by atoms with Crippen LogP contribution in [0, 0.1) is 0 Å². The molecule has 0 N–H and O–H groups in total. The lowest BCUT2D eigenvalue weighted by molar-refractivity contribution is 0.590. The van der Waals surface area contributed by atoms with Gasteiger partial charge in [-0.3, -0.25) is 0 Å². The first-order valence-corrected chi connectivity index (χ1v) is 8.62. The second-order valence-electron chi connectivity index (χ2n) is 7.62. The van der Waals surface area contributed by atoms with Gasteiger partial charge in [-0.15, -0.1) is 0 Å². The summed E-state index contributed by atoms with van der Waals surface area (Å²) >= 11 is 0. The average molecular weight is 318 g/mol. The van der Waals surface area contributed by atoms with Gasteiger partial charge in [-0.05, 0) is 55.2 Å². The Morgan fingerprint density at radius 2 is 1.50 bits per heavy atom. The Morgan fingerprint density at radius 1 is 0.833 bits per heavy atom. The molecule has 0 aliphatic heterocycles. The highest BCUT2D eigenvalue weighted by molar-refractivity contribution is 5.81. The van der Waals surface area contributed by atoms with Crippen LogP contribution >= 0.6 is 0 Å². The van der Waals surface area contributed by atoms with Gasteiger partial charge in [0.15, 0.2) is 0 Å². The monoisotopic (exact) mass is 318 g/mol. The van der Waals surface area contributed by atoms with Crippen molar-refractivity contribution in [1.29, 1.82) is 0 Å². The molecule has 0 unspecified atom stereocenters. The summed E-state index contributed by atoms with van der Waals surface area (Å²) in [6.45, 7) is 11.1. The fourth-order valence-electron chi connectivity index (χ4n) is 3.01. The normalized spacial score (nSPS) is 11.9. The molecule has 0 fully saturated rings. The van der Waals surface area contributed by atoms with E-state index in [1.165, 1.54) is 16.6 Å². The molecule has 0 bridgehead atoms. The van der Waals surface area contributed by atoms with E-state index in [1.807, 2.05) is 6.07 Å². The molecule has 124 valence electrons. The average Bonchev–Trinajstić information content (AvgIpc) is 2.54. The van der Waals surface area contributed by atoms with Gasteiger partial charge in [0, 0.05) is 17.1 Å². The van der Waals surface area contributed by atoms with Gasteiger partial charge in [0.1, 0.15) is 5.82 Å². The SMILES string of the molecule is CC(C)N(c1ccc(C(C)(C)C)cc1)c1ccc2ccccc2n1. The first kappa shape index (κ1) is 16.5. The highest BCUT2D eigenvalue weighted by Gasteiger charge is 2.17. The number of nitrogens with zero attached hydrogens (tertiary/aromatic N) is 2. The third-order valence-corrected chi connectivity index (χ3v) is 4.36. The van der Waals surface area contributed by atoms with E-state index < -0.39 is 0 Å². The summed E-state index contributed by atoms with van der Waals surface area (Å²) in [6, 6.07) is 21.7. The summed E-state index contributed by atoms with van der Waals surface area (Å²) < 4.78 is 0. The Labute approximate surface area is 145 Å². The van der Waals surface area contributed by atoms with Crippen LogP contribution in [-0.2, 0) is 5.41 Å². The first-order chi connectivity index (χ1) is 11.4. The summed E-state index contributed by atoms with van der Waals surface area (Å²) in [5, 5.41) is 1.17. The van der Waals surface area contributed by atoms with Crippen molar-refractivity contribution in [2.75, 3.05) is 4.90 Å². The van der Waals surface area contributed by atoms with Gasteiger partial charge in [-0.1, -0.05) is 51.1 Å². The molecule has 0 radical (unpaired) electrons. The molecule has 0 spiro atoms. The van der Waals surface area contributed by atoms with Crippen molar-refractivity contribution < 1.29 is 0 Å². The number of rotatable bonds is 3. The number of pyridine rings is 1. The van der Waals surface area contributed by atoms with Crippen LogP contribution in [0.1, 0.15) is 40.2 Å². The van der Waals surface area contributed by atoms with Crippen molar-refractivity contribution in [2.24, 2.45) is 0 Å². The molecular weight excluding hydrogens is 292 g/mol. The highest BCUT2D eigenvalue weighted by atomic mass is 15.2. The zero-order valence-corrected chi connectivity index (χ0v) is 15.2. The summed E-state index contributed by atoms with van der Waals surface area (Å²) in [6.07, 6.45) is 0. The van der Waals surface area contributed by atoms with Gasteiger partial charge < -0.3 is 4.90 Å². The van der Waals surface area contributed by atoms with Crippen molar-refractivity contribution in [1.82, 2.24) is 4.98 Å². The number of aromatic nitrogens is 1. The van der Waals surface area contributed by atoms with Gasteiger partial charge in [-0.2, -0.15) is 0 Å². The minimum Gasteiger partial charge on any atom is -0.324 e. The second kappa shape index (κ2) is 6.27. The van der Waals surface area contributed by atoms with E-state index in [-0.39, 0.29) is 5.41 Å². The maximum absolute atomic E-state index is 4.87. The van der Waals surface area contributed by atoms with Crippen molar-refractivity contribution in [2.45, 2.75) is 46.1 Å². The number of hydrogen-bond donors (Lipinski definition) is 0. The van der Waals surface area contributed by atoms with Gasteiger partial charge >= 0.3 is 0 Å². The van der Waals surface area contributed by atoms with E-state index in [0.29, 0.717) is 6.04 Å². The van der Waals surface area contributed by atoms with Gasteiger partial charge in [0.05, 0.1) is 5.52 Å². The molecule has 1 aromatic heterocycles. The van der Waals surface area contributed by atoms with Gasteiger partial charge in [0.2, 0.25) is 0 Å². The molecule has 1 heterocycles. The molecule has 2 aromatic carbocycles. The summed E-state index contributed by atoms with van der Waals surface area (Å²) in [7, 11) is 0. The molecular formula is C22H26N2. The molecule has 0 aliphatic carbocycles. The van der Waals surface area contributed by atoms with Crippen molar-refractivity contribution in [3.63, 3.8) is 0 Å². The Bertz CT molecular complexity index is 826. The molecule has 0 aliphatic rings. The lowest BCUT2D eigenvalue weighted by atomic mass is 9.87. The number of para-hydroxylation sites is 1. The van der Waals surface area contributed by atoms with Crippen LogP contribution < -0.4 is 4.90 Å². The smallest absolute Gasteiger partial charge is 0.133 e. The lowest BCUT2D eigenvalue weighted by Crippen LogP contribution is -2.26. The van der Waals surface area contributed by atoms with E-state index >= 15 is 0 Å². The molecule has 0 saturated carbocycles. The highest BCUT2D eigenvalue weighted by Crippen LogP contribution is 2.30. The fraction of sp³-hybridized carbons (Fsp3) is 0.318. The molecule has 24 heavy (non-hydrogen) atoms. The zero-order chi connectivity index (χ0) is 17.3. The molecule has 3 aromatic rings. The third-order valence-electron chi connectivity index (χ3n) is 4.36. The van der Waals surface area contributed by atoms with Crippen molar-refractivity contribution in [3.05, 3.63) is 66.2 Å². The molecule has 2 nitrogen and oxygen atoms in total. The standard InChI is InChI=1S/C22H26N2/c1-16(2)24(19-13-11-18(12-14-19)22(3,4)5)21-15-10-17-8-6-7-9-20(17)23-21/h6-16H,1-5H3. The van der Waals surface area contributed by atoms with E-state index in [0.717, 1.165) is 11.3 Å². The van der Waals surface area contributed by atoms with E-state index in [4.69, 9.17) is 4.98 Å². The van der Waals surface area contributed by atoms with Gasteiger partial charge in [0.25, 0.3) is 0 Å². The maximum Gasteiger partial charge on any atom is 0.133 e. The van der Waals surface area contributed by atoms with E-state index in [2.05, 4.69) is 94.1 Å². The maximum atomic E-state index is 4.87. The quantitative estimate of drug-likeness (QED) is 0.582. The Hall–Kier alpha value is -2.35. The number of benzene rings is 2. The van der Waals surface area contributed by atoms with Crippen LogP contribution in [0.25, 0.3) is 10.9 Å². The van der Waals surface area contributed by atoms with Crippen LogP contribution in [0.3, 0.4) is 0 Å². The number of fused-ring (bicyclic) bond motifs is 1. The van der Waals surface area contributed by atoms with Gasteiger partial charge in [-0.25, -0.2) is 4.98 Å². The predicted octanol–water partition coefficient (Wildman–Crippen LogP) is 6.08. The van der Waals surface area contributed by atoms with Crippen LogP contribution in [0.4, 0.5) is 11.5 Å². The van der Waals surface area contributed by atoms with Crippen LogP contribution in [0.15, 0.2) is 60.7 Å². The second-order valence-corrected chi connectivity index (χ2v) is 7.62. The summed E-state index contributed by atoms with van der Waals surface area (Å²) in [5.74, 6) is 0.993. The Balaban J connectivity index is 2.02. The molecule has 0 atom stereocenters. The van der Waals surface area contributed by atoms with Crippen molar-refractivity contribution >= 4 is 22.4 Å². The molecule has 2 heteroatoms. The third kappa shape index (κ3) is 3.28. The molecule has 3 rings (SSSR count). The molecule has 0 saturated heterocycles. The number of anilines is 2. The Morgan fingerprint density at radius 3 is 2.12 bits per heavy atom. The zero-order valence-electron chi connectivity index (χ0n) is 15.2.